The van der Waals surface area contributed by atoms with Crippen LogP contribution in [0.1, 0.15) is 73.1 Å². The van der Waals surface area contributed by atoms with Gasteiger partial charge in [-0.2, -0.15) is 9.97 Å². The number of carbonyl (C=O) groups is 2. The maximum Gasteiger partial charge on any atom is 0.227 e. The Bertz CT molecular complexity index is 2020. The van der Waals surface area contributed by atoms with Crippen molar-refractivity contribution in [2.24, 2.45) is 0 Å². The van der Waals surface area contributed by atoms with Crippen LogP contribution in [0, 0.1) is 0 Å². The van der Waals surface area contributed by atoms with Crippen molar-refractivity contribution in [2.45, 2.75) is 72.4 Å². The second-order valence-corrected chi connectivity index (χ2v) is 14.5. The number of nitrogens with one attached hydrogen (secondary N) is 2. The summed E-state index contributed by atoms with van der Waals surface area (Å²) in [5.74, 6) is 2.77. The first-order valence-corrected chi connectivity index (χ1v) is 18.7. The Morgan fingerprint density at radius 3 is 1.50 bits per heavy atom. The number of allylic oxidation sites excluding steroid dienone is 4. The molecule has 0 radical (unpaired) electrons. The quantitative estimate of drug-likeness (QED) is 0.176. The highest BCUT2D eigenvalue weighted by molar-refractivity contribution is 7.98. The molecule has 2 aliphatic carbocycles. The highest BCUT2D eigenvalue weighted by Crippen LogP contribution is 2.43. The third kappa shape index (κ3) is 5.71. The number of ketones is 2. The van der Waals surface area contributed by atoms with Gasteiger partial charge in [-0.1, -0.05) is 59.9 Å². The minimum absolute atomic E-state index is 0.126. The molecular formula is C36H32N10O2S2. The number of nitrogens with zero attached hydrogens (tertiary/aromatic N) is 8. The molecule has 2 N–H and O–H groups in total. The van der Waals surface area contributed by atoms with E-state index in [2.05, 4.69) is 20.6 Å². The maximum atomic E-state index is 13.5. The number of pyridine rings is 2. The third-order valence-electron chi connectivity index (χ3n) is 9.42. The summed E-state index contributed by atoms with van der Waals surface area (Å²) in [5, 5.41) is 17.9. The molecule has 4 aromatic heterocycles. The van der Waals surface area contributed by atoms with Crippen molar-refractivity contribution in [3.05, 3.63) is 118 Å². The van der Waals surface area contributed by atoms with Gasteiger partial charge in [-0.15, -0.1) is 10.2 Å². The summed E-state index contributed by atoms with van der Waals surface area (Å²) < 4.78 is 3.68. The van der Waals surface area contributed by atoms with E-state index in [0.717, 1.165) is 70.7 Å². The van der Waals surface area contributed by atoms with Crippen LogP contribution in [-0.2, 0) is 21.1 Å². The molecule has 4 aliphatic rings. The van der Waals surface area contributed by atoms with E-state index >= 15 is 0 Å². The van der Waals surface area contributed by atoms with Crippen molar-refractivity contribution >= 4 is 47.0 Å². The Balaban J connectivity index is 1.06. The van der Waals surface area contributed by atoms with Crippen molar-refractivity contribution in [1.82, 2.24) is 39.5 Å². The Morgan fingerprint density at radius 2 is 1.08 bits per heavy atom. The van der Waals surface area contributed by atoms with E-state index in [1.165, 1.54) is 23.5 Å². The average molecular weight is 701 g/mol. The largest absolute Gasteiger partial charge is 0.328 e. The standard InChI is InChI=1S/C36H32N10O2S2/c47-27-11-5-9-25-29(27)31(45-33(39-25)41-35(43-45)49-19-23-7-1-3-17-37-23)21-13-15-22(16-14-21)32-30-26(10-6-12-28(30)48)40-34-42-36(44-46(32)34)50-20-24-8-2-4-18-38-24/h1-4,7-8,13-18,31-32H,5-6,9-12,19-20H2,(H,39,41,43)(H,40,42,44)/t31-,32+. The minimum atomic E-state index is -0.421. The average Bonchev–Trinajstić information content (AvgIpc) is 3.76. The fraction of sp³-hybridized carbons (Fsp3) is 0.278. The third-order valence-corrected chi connectivity index (χ3v) is 11.2. The molecule has 0 unspecified atom stereocenters. The summed E-state index contributed by atoms with van der Waals surface area (Å²) in [4.78, 5) is 45.5. The first-order chi connectivity index (χ1) is 24.6. The lowest BCUT2D eigenvalue weighted by molar-refractivity contribution is -0.117. The summed E-state index contributed by atoms with van der Waals surface area (Å²) in [6, 6.07) is 19.1. The number of carbonyl (C=O) groups excluding carboxylic acids is 2. The predicted molar refractivity (Wildman–Crippen MR) is 189 cm³/mol. The molecule has 2 atom stereocenters. The predicted octanol–water partition coefficient (Wildman–Crippen LogP) is 6.29. The van der Waals surface area contributed by atoms with Crippen molar-refractivity contribution in [3.63, 3.8) is 0 Å². The van der Waals surface area contributed by atoms with Crippen LogP contribution >= 0.6 is 23.5 Å². The van der Waals surface area contributed by atoms with Gasteiger partial charge >= 0.3 is 0 Å². The van der Waals surface area contributed by atoms with Crippen molar-refractivity contribution in [3.8, 4) is 0 Å². The molecule has 0 amide bonds. The minimum Gasteiger partial charge on any atom is -0.328 e. The van der Waals surface area contributed by atoms with Gasteiger partial charge < -0.3 is 10.6 Å². The van der Waals surface area contributed by atoms with Crippen LogP contribution < -0.4 is 10.6 Å². The number of hydrogen-bond donors (Lipinski definition) is 2. The molecule has 0 bridgehead atoms. The van der Waals surface area contributed by atoms with Gasteiger partial charge in [0.15, 0.2) is 11.6 Å². The van der Waals surface area contributed by atoms with E-state index in [1.54, 1.807) is 12.4 Å². The zero-order chi connectivity index (χ0) is 33.6. The molecule has 0 fully saturated rings. The highest BCUT2D eigenvalue weighted by Gasteiger charge is 2.39. The number of thioether (sulfide) groups is 2. The second-order valence-electron chi connectivity index (χ2n) is 12.6. The van der Waals surface area contributed by atoms with Gasteiger partial charge in [0.1, 0.15) is 12.1 Å². The first-order valence-electron chi connectivity index (χ1n) is 16.7. The van der Waals surface area contributed by atoms with Gasteiger partial charge in [0.05, 0.1) is 11.4 Å². The lowest BCUT2D eigenvalue weighted by Gasteiger charge is -2.33. The zero-order valence-corrected chi connectivity index (χ0v) is 28.6. The SMILES string of the molecule is O=C1CCCC2=C1[C@H](c1ccc([C@@H]3C4=C(CCCC4=O)Nc4nc(SCc5ccccn5)nn43)cc1)n1nc(SCc3ccccn3)nc1N2. The summed E-state index contributed by atoms with van der Waals surface area (Å²) in [7, 11) is 0. The van der Waals surface area contributed by atoms with Gasteiger partial charge in [-0.25, -0.2) is 9.36 Å². The smallest absolute Gasteiger partial charge is 0.227 e. The van der Waals surface area contributed by atoms with Crippen LogP contribution in [0.15, 0.2) is 106 Å². The Morgan fingerprint density at radius 1 is 0.620 bits per heavy atom. The van der Waals surface area contributed by atoms with Crippen LogP contribution in [0.2, 0.25) is 0 Å². The van der Waals surface area contributed by atoms with Crippen LogP contribution in [0.4, 0.5) is 11.9 Å². The fourth-order valence-corrected chi connectivity index (χ4v) is 8.61. The zero-order valence-electron chi connectivity index (χ0n) is 27.0. The van der Waals surface area contributed by atoms with Gasteiger partial charge in [-0.3, -0.25) is 19.6 Å². The normalized spacial score (nSPS) is 19.7. The summed E-state index contributed by atoms with van der Waals surface area (Å²) in [5.41, 5.74) is 7.05. The molecule has 9 rings (SSSR count). The van der Waals surface area contributed by atoms with E-state index in [0.29, 0.717) is 46.6 Å². The second kappa shape index (κ2) is 13.0. The molecule has 0 spiro atoms. The fourth-order valence-electron chi connectivity index (χ4n) is 7.12. The Labute approximate surface area is 296 Å². The summed E-state index contributed by atoms with van der Waals surface area (Å²) >= 11 is 3.03. The van der Waals surface area contributed by atoms with E-state index in [9.17, 15) is 9.59 Å². The molecule has 2 aliphatic heterocycles. The molecule has 14 heteroatoms. The van der Waals surface area contributed by atoms with Crippen molar-refractivity contribution in [1.29, 1.82) is 0 Å². The lowest BCUT2D eigenvalue weighted by atomic mass is 9.83. The molecule has 50 heavy (non-hydrogen) atoms. The number of hydrogen-bond acceptors (Lipinski definition) is 12. The molecule has 5 aromatic rings. The van der Waals surface area contributed by atoms with Gasteiger partial charge in [-0.05, 0) is 61.1 Å². The highest BCUT2D eigenvalue weighted by atomic mass is 32.2. The topological polar surface area (TPSA) is 145 Å². The first kappa shape index (κ1) is 30.9. The van der Waals surface area contributed by atoms with Crippen molar-refractivity contribution in [2.75, 3.05) is 10.6 Å². The van der Waals surface area contributed by atoms with E-state index in [4.69, 9.17) is 20.2 Å². The summed E-state index contributed by atoms with van der Waals surface area (Å²) in [6.07, 6.45) is 7.73. The number of rotatable bonds is 8. The van der Waals surface area contributed by atoms with Gasteiger partial charge in [0.2, 0.25) is 22.2 Å². The molecule has 0 saturated heterocycles. The van der Waals surface area contributed by atoms with Crippen LogP contribution in [0.25, 0.3) is 0 Å². The molecule has 1 aromatic carbocycles. The molecule has 6 heterocycles. The molecule has 0 saturated carbocycles. The molecule has 12 nitrogen and oxygen atoms in total. The van der Waals surface area contributed by atoms with Gasteiger partial charge in [0, 0.05) is 59.3 Å². The number of Topliss-reactive ketones (excluding diaryl/α,β-unsaturated/α-hetero) is 2. The number of benzene rings is 1. The Kier molecular flexibility index (Phi) is 8.04. The van der Waals surface area contributed by atoms with E-state index < -0.39 is 12.1 Å². The summed E-state index contributed by atoms with van der Waals surface area (Å²) in [6.45, 7) is 0. The van der Waals surface area contributed by atoms with Crippen LogP contribution in [-0.4, -0.2) is 51.1 Å². The van der Waals surface area contributed by atoms with E-state index in [-0.39, 0.29) is 11.6 Å². The number of fused-ring (bicyclic) bond motifs is 2. The van der Waals surface area contributed by atoms with E-state index in [1.807, 2.05) is 70.0 Å². The van der Waals surface area contributed by atoms with Gasteiger partial charge in [0.25, 0.3) is 0 Å². The number of anilines is 2. The van der Waals surface area contributed by atoms with Crippen molar-refractivity contribution < 1.29 is 9.59 Å². The number of aromatic nitrogens is 8. The lowest BCUT2D eigenvalue weighted by Crippen LogP contribution is -2.32. The molecular weight excluding hydrogens is 669 g/mol. The monoisotopic (exact) mass is 700 g/mol. The van der Waals surface area contributed by atoms with Crippen LogP contribution in [0.5, 0.6) is 0 Å². The Hall–Kier alpha value is -5.08. The maximum absolute atomic E-state index is 13.5. The van der Waals surface area contributed by atoms with Crippen LogP contribution in [0.3, 0.4) is 0 Å². The molecule has 250 valence electrons.